The Morgan fingerprint density at radius 2 is 2.20 bits per heavy atom. The number of carbonyl (C=O) groups excluding carboxylic acids is 1. The Hall–Kier alpha value is -1.95. The van der Waals surface area contributed by atoms with E-state index in [0.717, 1.165) is 0 Å². The van der Waals surface area contributed by atoms with E-state index in [1.165, 1.54) is 7.11 Å². The van der Waals surface area contributed by atoms with Crippen molar-refractivity contribution in [2.24, 2.45) is 0 Å². The van der Waals surface area contributed by atoms with Crippen LogP contribution in [-0.4, -0.2) is 19.1 Å². The molecule has 0 bridgehead atoms. The van der Waals surface area contributed by atoms with E-state index in [-0.39, 0.29) is 11.9 Å². The van der Waals surface area contributed by atoms with Gasteiger partial charge in [-0.3, -0.25) is 4.79 Å². The van der Waals surface area contributed by atoms with Crippen LogP contribution in [0.4, 0.5) is 0 Å². The van der Waals surface area contributed by atoms with E-state index in [4.69, 9.17) is 11.2 Å². The molecule has 1 aromatic rings. The molecule has 1 N–H and O–H groups in total. The van der Waals surface area contributed by atoms with Crippen LogP contribution >= 0.6 is 0 Å². The summed E-state index contributed by atoms with van der Waals surface area (Å²) in [6, 6.07) is 6.72. The number of para-hydroxylation sites is 1. The lowest BCUT2D eigenvalue weighted by molar-refractivity contribution is 0.0945. The van der Waals surface area contributed by atoms with Gasteiger partial charge in [-0.1, -0.05) is 18.1 Å². The lowest BCUT2D eigenvalue weighted by Crippen LogP contribution is -2.31. The molecule has 3 nitrogen and oxygen atoms in total. The quantitative estimate of drug-likeness (QED) is 0.755. The normalized spacial score (nSPS) is 11.3. The lowest BCUT2D eigenvalue weighted by atomic mass is 10.2. The summed E-state index contributed by atoms with van der Waals surface area (Å²) in [5.74, 6) is 2.75. The molecule has 15 heavy (non-hydrogen) atoms. The van der Waals surface area contributed by atoms with E-state index in [0.29, 0.717) is 11.3 Å². The summed E-state index contributed by atoms with van der Waals surface area (Å²) < 4.78 is 5.07. The van der Waals surface area contributed by atoms with Gasteiger partial charge < -0.3 is 10.1 Å². The second kappa shape index (κ2) is 5.06. The molecule has 3 heteroatoms. The first-order valence-electron chi connectivity index (χ1n) is 4.59. The van der Waals surface area contributed by atoms with Crippen molar-refractivity contribution < 1.29 is 9.53 Å². The van der Waals surface area contributed by atoms with Gasteiger partial charge in [-0.25, -0.2) is 0 Å². The van der Waals surface area contributed by atoms with Crippen LogP contribution in [0.1, 0.15) is 17.3 Å². The number of nitrogens with one attached hydrogen (secondary N) is 1. The number of benzene rings is 1. The first-order valence-corrected chi connectivity index (χ1v) is 4.59. The van der Waals surface area contributed by atoms with Gasteiger partial charge in [-0.2, -0.15) is 0 Å². The van der Waals surface area contributed by atoms with Crippen LogP contribution in [0.5, 0.6) is 5.75 Å². The maximum atomic E-state index is 11.7. The standard InChI is InChI=1S/C12H13NO2/c1-4-9(2)13-12(14)10-7-5-6-8-11(10)15-3/h1,5-9H,2-3H3,(H,13,14). The molecule has 0 spiro atoms. The van der Waals surface area contributed by atoms with Gasteiger partial charge in [0.1, 0.15) is 5.75 Å². The monoisotopic (exact) mass is 203 g/mol. The van der Waals surface area contributed by atoms with Crippen molar-refractivity contribution in [2.75, 3.05) is 7.11 Å². The summed E-state index contributed by atoms with van der Waals surface area (Å²) in [4.78, 5) is 11.7. The van der Waals surface area contributed by atoms with Crippen molar-refractivity contribution in [1.29, 1.82) is 0 Å². The van der Waals surface area contributed by atoms with Gasteiger partial charge in [0.2, 0.25) is 0 Å². The third-order valence-electron chi connectivity index (χ3n) is 1.95. The maximum absolute atomic E-state index is 11.7. The molecule has 0 aliphatic carbocycles. The van der Waals surface area contributed by atoms with E-state index >= 15 is 0 Å². The number of carbonyl (C=O) groups is 1. The van der Waals surface area contributed by atoms with Crippen molar-refractivity contribution in [3.05, 3.63) is 29.8 Å². The Labute approximate surface area is 89.4 Å². The Bertz CT molecular complexity index is 393. The summed E-state index contributed by atoms with van der Waals surface area (Å²) in [6.45, 7) is 1.74. The predicted molar refractivity (Wildman–Crippen MR) is 58.8 cm³/mol. The van der Waals surface area contributed by atoms with Crippen LogP contribution in [0, 0.1) is 12.3 Å². The average Bonchev–Trinajstić information content (AvgIpc) is 2.28. The lowest BCUT2D eigenvalue weighted by Gasteiger charge is -2.10. The molecule has 0 aliphatic heterocycles. The molecule has 78 valence electrons. The predicted octanol–water partition coefficient (Wildman–Crippen LogP) is 1.45. The van der Waals surface area contributed by atoms with Gasteiger partial charge in [0.15, 0.2) is 0 Å². The van der Waals surface area contributed by atoms with E-state index in [1.807, 2.05) is 0 Å². The van der Waals surface area contributed by atoms with Gasteiger partial charge in [0.25, 0.3) is 5.91 Å². The minimum absolute atomic E-state index is 0.224. The molecule has 1 amide bonds. The minimum Gasteiger partial charge on any atom is -0.496 e. The molecule has 0 fully saturated rings. The number of methoxy groups -OCH3 is 1. The fraction of sp³-hybridized carbons (Fsp3) is 0.250. The van der Waals surface area contributed by atoms with Gasteiger partial charge in [-0.05, 0) is 19.1 Å². The van der Waals surface area contributed by atoms with Gasteiger partial charge >= 0.3 is 0 Å². The van der Waals surface area contributed by atoms with Crippen molar-refractivity contribution in [2.45, 2.75) is 13.0 Å². The number of terminal acetylenes is 1. The molecule has 0 radical (unpaired) electrons. The molecule has 1 aromatic carbocycles. The highest BCUT2D eigenvalue weighted by atomic mass is 16.5. The summed E-state index contributed by atoms with van der Waals surface area (Å²) in [5, 5.41) is 2.67. The zero-order valence-electron chi connectivity index (χ0n) is 8.78. The number of hydrogen-bond donors (Lipinski definition) is 1. The van der Waals surface area contributed by atoms with Crippen LogP contribution < -0.4 is 10.1 Å². The maximum Gasteiger partial charge on any atom is 0.256 e. The fourth-order valence-electron chi connectivity index (χ4n) is 1.15. The fourth-order valence-corrected chi connectivity index (χ4v) is 1.15. The van der Waals surface area contributed by atoms with E-state index in [9.17, 15) is 4.79 Å². The van der Waals surface area contributed by atoms with Crippen LogP contribution in [0.25, 0.3) is 0 Å². The molecule has 0 aromatic heterocycles. The van der Waals surface area contributed by atoms with Crippen molar-refractivity contribution >= 4 is 5.91 Å². The number of rotatable bonds is 3. The van der Waals surface area contributed by atoms with Crippen LogP contribution in [0.3, 0.4) is 0 Å². The van der Waals surface area contributed by atoms with E-state index in [1.54, 1.807) is 31.2 Å². The highest BCUT2D eigenvalue weighted by Gasteiger charge is 2.12. The second-order valence-electron chi connectivity index (χ2n) is 3.06. The van der Waals surface area contributed by atoms with Gasteiger partial charge in [-0.15, -0.1) is 6.42 Å². The Balaban J connectivity index is 2.87. The van der Waals surface area contributed by atoms with E-state index in [2.05, 4.69) is 11.2 Å². The third-order valence-corrected chi connectivity index (χ3v) is 1.95. The first kappa shape index (κ1) is 11.1. The molecular weight excluding hydrogens is 190 g/mol. The van der Waals surface area contributed by atoms with Gasteiger partial charge in [0, 0.05) is 0 Å². The van der Waals surface area contributed by atoms with Crippen LogP contribution in [0.2, 0.25) is 0 Å². The highest BCUT2D eigenvalue weighted by Crippen LogP contribution is 2.16. The number of amides is 1. The smallest absolute Gasteiger partial charge is 0.256 e. The molecule has 0 saturated heterocycles. The Morgan fingerprint density at radius 1 is 1.53 bits per heavy atom. The highest BCUT2D eigenvalue weighted by molar-refractivity contribution is 5.97. The molecular formula is C12H13NO2. The van der Waals surface area contributed by atoms with Crippen molar-refractivity contribution in [1.82, 2.24) is 5.32 Å². The van der Waals surface area contributed by atoms with Crippen molar-refractivity contribution in [3.63, 3.8) is 0 Å². The number of ether oxygens (including phenoxy) is 1. The van der Waals surface area contributed by atoms with E-state index < -0.39 is 0 Å². The summed E-state index contributed by atoms with van der Waals surface area (Å²) in [7, 11) is 1.52. The molecule has 1 rings (SSSR count). The average molecular weight is 203 g/mol. The van der Waals surface area contributed by atoms with Crippen LogP contribution in [0.15, 0.2) is 24.3 Å². The SMILES string of the molecule is C#CC(C)NC(=O)c1ccccc1OC. The Morgan fingerprint density at radius 3 is 2.80 bits per heavy atom. The third kappa shape index (κ3) is 2.75. The summed E-state index contributed by atoms with van der Waals surface area (Å²) in [6.07, 6.45) is 5.17. The number of hydrogen-bond acceptors (Lipinski definition) is 2. The zero-order chi connectivity index (χ0) is 11.3. The largest absolute Gasteiger partial charge is 0.496 e. The molecule has 1 unspecified atom stereocenters. The molecule has 0 saturated carbocycles. The minimum atomic E-state index is -0.289. The Kier molecular flexibility index (Phi) is 3.75. The van der Waals surface area contributed by atoms with Gasteiger partial charge in [0.05, 0.1) is 18.7 Å². The zero-order valence-corrected chi connectivity index (χ0v) is 8.78. The topological polar surface area (TPSA) is 38.3 Å². The summed E-state index contributed by atoms with van der Waals surface area (Å²) in [5.41, 5.74) is 0.488. The second-order valence-corrected chi connectivity index (χ2v) is 3.06. The molecule has 0 heterocycles. The summed E-state index contributed by atoms with van der Waals surface area (Å²) >= 11 is 0. The molecule has 0 aliphatic rings. The first-order chi connectivity index (χ1) is 7.19. The van der Waals surface area contributed by atoms with Crippen molar-refractivity contribution in [3.8, 4) is 18.1 Å². The molecule has 1 atom stereocenters. The van der Waals surface area contributed by atoms with Crippen LogP contribution in [-0.2, 0) is 0 Å².